The molecule has 0 saturated carbocycles. The third kappa shape index (κ3) is 2.10. The number of carbonyl (C=O) groups excluding carboxylic acids is 1. The Morgan fingerprint density at radius 1 is 1.47 bits per heavy atom. The number of nitrogens with one attached hydrogen (secondary N) is 1. The van der Waals surface area contributed by atoms with E-state index in [9.17, 15) is 4.79 Å². The molecule has 1 aliphatic heterocycles. The summed E-state index contributed by atoms with van der Waals surface area (Å²) in [6.45, 7) is 1.43. The molecule has 6 heteroatoms. The Hall–Kier alpha value is -2.21. The second-order valence-corrected chi connectivity index (χ2v) is 4.22. The van der Waals surface area contributed by atoms with Gasteiger partial charge in [-0.1, -0.05) is 0 Å². The molecule has 3 rings (SSSR count). The van der Waals surface area contributed by atoms with Gasteiger partial charge in [-0.05, 0) is 25.1 Å². The van der Waals surface area contributed by atoms with Gasteiger partial charge in [-0.2, -0.15) is 0 Å². The molecule has 0 aromatic carbocycles. The number of nitrogens with zero attached hydrogens (tertiary/aromatic N) is 2. The minimum Gasteiger partial charge on any atom is -0.464 e. The number of esters is 1. The molecule has 0 amide bonds. The van der Waals surface area contributed by atoms with E-state index in [-0.39, 0.29) is 0 Å². The quantitative estimate of drug-likeness (QED) is 0.816. The van der Waals surface area contributed by atoms with Gasteiger partial charge in [0.1, 0.15) is 0 Å². The summed E-state index contributed by atoms with van der Waals surface area (Å²) in [5.41, 5.74) is 2.02. The zero-order valence-electron chi connectivity index (χ0n) is 10.5. The van der Waals surface area contributed by atoms with Gasteiger partial charge < -0.3 is 14.5 Å². The Morgan fingerprint density at radius 3 is 3.11 bits per heavy atom. The Balaban J connectivity index is 2.16. The van der Waals surface area contributed by atoms with Crippen molar-refractivity contribution in [1.82, 2.24) is 15.3 Å². The SMILES string of the molecule is COC(=O)c1nc(-c2ccco2)nc2c1CCNC2. The monoisotopic (exact) mass is 259 g/mol. The van der Waals surface area contributed by atoms with E-state index < -0.39 is 5.97 Å². The third-order valence-electron chi connectivity index (χ3n) is 3.06. The zero-order chi connectivity index (χ0) is 13.2. The van der Waals surface area contributed by atoms with E-state index in [1.807, 2.05) is 0 Å². The van der Waals surface area contributed by atoms with Crippen molar-refractivity contribution in [2.75, 3.05) is 13.7 Å². The highest BCUT2D eigenvalue weighted by Gasteiger charge is 2.23. The smallest absolute Gasteiger partial charge is 0.357 e. The molecule has 0 fully saturated rings. The van der Waals surface area contributed by atoms with Crippen LogP contribution in [0.2, 0.25) is 0 Å². The molecule has 0 saturated heterocycles. The number of carbonyl (C=O) groups is 1. The van der Waals surface area contributed by atoms with Crippen LogP contribution in [0.3, 0.4) is 0 Å². The number of aromatic nitrogens is 2. The maximum atomic E-state index is 11.8. The van der Waals surface area contributed by atoms with Gasteiger partial charge in [0.15, 0.2) is 17.3 Å². The number of rotatable bonds is 2. The van der Waals surface area contributed by atoms with Crippen molar-refractivity contribution in [2.24, 2.45) is 0 Å². The molecular weight excluding hydrogens is 246 g/mol. The Bertz CT molecular complexity index is 608. The largest absolute Gasteiger partial charge is 0.464 e. The maximum Gasteiger partial charge on any atom is 0.357 e. The lowest BCUT2D eigenvalue weighted by Crippen LogP contribution is -2.28. The lowest BCUT2D eigenvalue weighted by Gasteiger charge is -2.18. The first-order valence-electron chi connectivity index (χ1n) is 6.02. The van der Waals surface area contributed by atoms with E-state index in [0.29, 0.717) is 23.8 Å². The van der Waals surface area contributed by atoms with E-state index >= 15 is 0 Å². The Kier molecular flexibility index (Phi) is 3.00. The van der Waals surface area contributed by atoms with Crippen LogP contribution in [0.15, 0.2) is 22.8 Å². The average molecular weight is 259 g/mol. The fraction of sp³-hybridized carbons (Fsp3) is 0.308. The van der Waals surface area contributed by atoms with Crippen LogP contribution in [0.25, 0.3) is 11.6 Å². The summed E-state index contributed by atoms with van der Waals surface area (Å²) in [6.07, 6.45) is 2.27. The summed E-state index contributed by atoms with van der Waals surface area (Å²) < 4.78 is 10.1. The van der Waals surface area contributed by atoms with Gasteiger partial charge >= 0.3 is 5.97 Å². The summed E-state index contributed by atoms with van der Waals surface area (Å²) in [5, 5.41) is 3.22. The molecule has 0 atom stereocenters. The van der Waals surface area contributed by atoms with Crippen molar-refractivity contribution >= 4 is 5.97 Å². The molecule has 3 heterocycles. The first-order valence-corrected chi connectivity index (χ1v) is 6.02. The van der Waals surface area contributed by atoms with Crippen molar-refractivity contribution < 1.29 is 13.9 Å². The second kappa shape index (κ2) is 4.81. The fourth-order valence-corrected chi connectivity index (χ4v) is 2.14. The lowest BCUT2D eigenvalue weighted by atomic mass is 10.0. The highest BCUT2D eigenvalue weighted by molar-refractivity contribution is 5.89. The third-order valence-corrected chi connectivity index (χ3v) is 3.06. The van der Waals surface area contributed by atoms with Gasteiger partial charge in [0, 0.05) is 12.1 Å². The Morgan fingerprint density at radius 2 is 2.37 bits per heavy atom. The van der Waals surface area contributed by atoms with Crippen molar-refractivity contribution in [3.05, 3.63) is 35.3 Å². The molecule has 19 heavy (non-hydrogen) atoms. The first-order chi connectivity index (χ1) is 9.29. The maximum absolute atomic E-state index is 11.8. The normalized spacial score (nSPS) is 13.9. The van der Waals surface area contributed by atoms with Crippen molar-refractivity contribution in [1.29, 1.82) is 0 Å². The van der Waals surface area contributed by atoms with Gasteiger partial charge in [0.25, 0.3) is 0 Å². The molecule has 6 nitrogen and oxygen atoms in total. The minimum absolute atomic E-state index is 0.334. The van der Waals surface area contributed by atoms with E-state index in [0.717, 1.165) is 24.2 Å². The van der Waals surface area contributed by atoms with Gasteiger partial charge in [-0.3, -0.25) is 0 Å². The predicted octanol–water partition coefficient (Wildman–Crippen LogP) is 1.17. The van der Waals surface area contributed by atoms with Crippen LogP contribution in [0.5, 0.6) is 0 Å². The Labute approximate surface area is 109 Å². The number of ether oxygens (including phenoxy) is 1. The summed E-state index contributed by atoms with van der Waals surface area (Å²) in [5.74, 6) is 0.514. The summed E-state index contributed by atoms with van der Waals surface area (Å²) >= 11 is 0. The fourth-order valence-electron chi connectivity index (χ4n) is 2.14. The molecule has 98 valence electrons. The van der Waals surface area contributed by atoms with Gasteiger partial charge in [-0.15, -0.1) is 0 Å². The number of hydrogen-bond acceptors (Lipinski definition) is 6. The summed E-state index contributed by atoms with van der Waals surface area (Å²) in [7, 11) is 1.35. The van der Waals surface area contributed by atoms with Crippen molar-refractivity contribution in [3.8, 4) is 11.6 Å². The molecule has 2 aromatic rings. The minimum atomic E-state index is -0.437. The standard InChI is InChI=1S/C13H13N3O3/c1-18-13(17)11-8-4-5-14-7-9(8)15-12(16-11)10-3-2-6-19-10/h2-3,6,14H,4-5,7H2,1H3. The summed E-state index contributed by atoms with van der Waals surface area (Å²) in [4.78, 5) is 20.6. The van der Waals surface area contributed by atoms with Crippen LogP contribution in [0.1, 0.15) is 21.7 Å². The van der Waals surface area contributed by atoms with Gasteiger partial charge in [0.05, 0.1) is 19.1 Å². The molecule has 0 spiro atoms. The highest BCUT2D eigenvalue weighted by Crippen LogP contribution is 2.22. The van der Waals surface area contributed by atoms with Gasteiger partial charge in [0.2, 0.25) is 0 Å². The highest BCUT2D eigenvalue weighted by atomic mass is 16.5. The number of hydrogen-bond donors (Lipinski definition) is 1. The molecule has 0 aliphatic carbocycles. The molecule has 0 unspecified atom stereocenters. The van der Waals surface area contributed by atoms with Crippen LogP contribution < -0.4 is 5.32 Å². The zero-order valence-corrected chi connectivity index (χ0v) is 10.5. The number of methoxy groups -OCH3 is 1. The van der Waals surface area contributed by atoms with E-state index in [4.69, 9.17) is 9.15 Å². The van der Waals surface area contributed by atoms with Crippen molar-refractivity contribution in [2.45, 2.75) is 13.0 Å². The van der Waals surface area contributed by atoms with E-state index in [1.165, 1.54) is 7.11 Å². The van der Waals surface area contributed by atoms with Crippen LogP contribution >= 0.6 is 0 Å². The van der Waals surface area contributed by atoms with E-state index in [2.05, 4.69) is 15.3 Å². The lowest BCUT2D eigenvalue weighted by molar-refractivity contribution is 0.0592. The van der Waals surface area contributed by atoms with Crippen LogP contribution in [-0.2, 0) is 17.7 Å². The molecule has 0 radical (unpaired) electrons. The predicted molar refractivity (Wildman–Crippen MR) is 66.5 cm³/mol. The molecule has 2 aromatic heterocycles. The average Bonchev–Trinajstić information content (AvgIpc) is 2.99. The van der Waals surface area contributed by atoms with Gasteiger partial charge in [-0.25, -0.2) is 14.8 Å². The molecule has 1 N–H and O–H groups in total. The summed E-state index contributed by atoms with van der Waals surface area (Å²) in [6, 6.07) is 3.52. The molecular formula is C13H13N3O3. The molecule has 0 bridgehead atoms. The van der Waals surface area contributed by atoms with Crippen LogP contribution in [0, 0.1) is 0 Å². The number of fused-ring (bicyclic) bond motifs is 1. The molecule has 1 aliphatic rings. The van der Waals surface area contributed by atoms with E-state index in [1.54, 1.807) is 18.4 Å². The second-order valence-electron chi connectivity index (χ2n) is 4.22. The van der Waals surface area contributed by atoms with Crippen LogP contribution in [0.4, 0.5) is 0 Å². The van der Waals surface area contributed by atoms with Crippen LogP contribution in [-0.4, -0.2) is 29.6 Å². The van der Waals surface area contributed by atoms with Crippen molar-refractivity contribution in [3.63, 3.8) is 0 Å². The topological polar surface area (TPSA) is 77.2 Å². The first kappa shape index (κ1) is 11.9. The number of furan rings is 1.